The van der Waals surface area contributed by atoms with Crippen LogP contribution in [0.1, 0.15) is 22.4 Å². The van der Waals surface area contributed by atoms with Crippen LogP contribution in [0.3, 0.4) is 0 Å². The summed E-state index contributed by atoms with van der Waals surface area (Å²) in [4.78, 5) is 42.6. The Balaban J connectivity index is 1.54. The van der Waals surface area contributed by atoms with Crippen molar-refractivity contribution in [2.45, 2.75) is 26.3 Å². The molecule has 1 aliphatic heterocycles. The number of hydrogen-bond donors (Lipinski definition) is 1. The lowest BCUT2D eigenvalue weighted by Crippen LogP contribution is -2.40. The molecule has 0 bridgehead atoms. The molecule has 3 heterocycles. The molecule has 1 amide bonds. The van der Waals surface area contributed by atoms with Crippen LogP contribution in [0.25, 0.3) is 11.5 Å². The topological polar surface area (TPSA) is 101 Å². The van der Waals surface area contributed by atoms with Gasteiger partial charge in [0.1, 0.15) is 11.4 Å². The summed E-state index contributed by atoms with van der Waals surface area (Å²) >= 11 is 0. The molecule has 0 aliphatic carbocycles. The third-order valence-electron chi connectivity index (χ3n) is 5.05. The fourth-order valence-electron chi connectivity index (χ4n) is 3.53. The van der Waals surface area contributed by atoms with Crippen molar-refractivity contribution >= 4 is 5.91 Å². The molecule has 1 aromatic carbocycles. The standard InChI is InChI=1S/C21H21N5O3/c1-13-9-14(3-4-18(13)29-2)10-19(27)26-8-5-15-17(12-26)24-20(25-21(15)28)16-11-22-6-7-23-16/h3-4,6-7,9,11H,5,8,10,12H2,1-2H3,(H,24,25,28). The summed E-state index contributed by atoms with van der Waals surface area (Å²) in [6.45, 7) is 2.75. The number of carbonyl (C=O) groups excluding carboxylic acids is 1. The largest absolute Gasteiger partial charge is 0.496 e. The number of aromatic amines is 1. The van der Waals surface area contributed by atoms with Gasteiger partial charge in [0.2, 0.25) is 5.91 Å². The first-order valence-corrected chi connectivity index (χ1v) is 9.35. The van der Waals surface area contributed by atoms with Gasteiger partial charge in [-0.1, -0.05) is 12.1 Å². The zero-order valence-corrected chi connectivity index (χ0v) is 16.3. The number of rotatable bonds is 4. The smallest absolute Gasteiger partial charge is 0.254 e. The molecule has 148 valence electrons. The Labute approximate surface area is 167 Å². The molecule has 0 spiro atoms. The number of aryl methyl sites for hydroxylation is 1. The lowest BCUT2D eigenvalue weighted by molar-refractivity contribution is -0.131. The van der Waals surface area contributed by atoms with Crippen molar-refractivity contribution in [2.24, 2.45) is 0 Å². The number of nitrogens with one attached hydrogen (secondary N) is 1. The molecule has 2 aromatic heterocycles. The Kier molecular flexibility index (Phi) is 5.07. The number of H-pyrrole nitrogens is 1. The highest BCUT2D eigenvalue weighted by Crippen LogP contribution is 2.21. The average molecular weight is 391 g/mol. The number of benzene rings is 1. The van der Waals surface area contributed by atoms with E-state index < -0.39 is 0 Å². The number of fused-ring (bicyclic) bond motifs is 1. The van der Waals surface area contributed by atoms with Crippen LogP contribution in [0.15, 0.2) is 41.6 Å². The summed E-state index contributed by atoms with van der Waals surface area (Å²) in [7, 11) is 1.63. The third kappa shape index (κ3) is 3.87. The van der Waals surface area contributed by atoms with Crippen molar-refractivity contribution in [3.05, 3.63) is 69.5 Å². The highest BCUT2D eigenvalue weighted by atomic mass is 16.5. The van der Waals surface area contributed by atoms with Gasteiger partial charge in [0.25, 0.3) is 5.56 Å². The van der Waals surface area contributed by atoms with Gasteiger partial charge in [0, 0.05) is 24.5 Å². The maximum Gasteiger partial charge on any atom is 0.254 e. The van der Waals surface area contributed by atoms with E-state index in [1.54, 1.807) is 30.6 Å². The Hall–Kier alpha value is -3.55. The third-order valence-corrected chi connectivity index (χ3v) is 5.05. The number of methoxy groups -OCH3 is 1. The summed E-state index contributed by atoms with van der Waals surface area (Å²) in [5, 5.41) is 0. The highest BCUT2D eigenvalue weighted by molar-refractivity contribution is 5.79. The number of nitrogens with zero attached hydrogens (tertiary/aromatic N) is 4. The minimum absolute atomic E-state index is 0.00310. The van der Waals surface area contributed by atoms with Gasteiger partial charge >= 0.3 is 0 Å². The van der Waals surface area contributed by atoms with E-state index in [9.17, 15) is 9.59 Å². The molecule has 0 unspecified atom stereocenters. The number of hydrogen-bond acceptors (Lipinski definition) is 6. The SMILES string of the molecule is COc1ccc(CC(=O)N2CCc3c(nc(-c4cnccn4)[nH]c3=O)C2)cc1C. The first-order valence-electron chi connectivity index (χ1n) is 9.35. The quantitative estimate of drug-likeness (QED) is 0.726. The Morgan fingerprint density at radius 1 is 1.31 bits per heavy atom. The molecule has 4 rings (SSSR count). The van der Waals surface area contributed by atoms with E-state index in [0.29, 0.717) is 48.7 Å². The fourth-order valence-corrected chi connectivity index (χ4v) is 3.53. The maximum atomic E-state index is 12.8. The molecule has 1 N–H and O–H groups in total. The lowest BCUT2D eigenvalue weighted by atomic mass is 10.0. The van der Waals surface area contributed by atoms with E-state index >= 15 is 0 Å². The molecule has 29 heavy (non-hydrogen) atoms. The average Bonchev–Trinajstić information content (AvgIpc) is 2.74. The van der Waals surface area contributed by atoms with Gasteiger partial charge in [-0.2, -0.15) is 0 Å². The predicted octanol–water partition coefficient (Wildman–Crippen LogP) is 1.67. The summed E-state index contributed by atoms with van der Waals surface area (Å²) in [5.41, 5.74) is 3.46. The van der Waals surface area contributed by atoms with E-state index in [1.807, 2.05) is 25.1 Å². The van der Waals surface area contributed by atoms with E-state index in [0.717, 1.165) is 16.9 Å². The fraction of sp³-hybridized carbons (Fsp3) is 0.286. The maximum absolute atomic E-state index is 12.8. The second-order valence-corrected chi connectivity index (χ2v) is 6.98. The molecule has 0 fully saturated rings. The molecule has 0 saturated heterocycles. The van der Waals surface area contributed by atoms with Crippen LogP contribution in [0, 0.1) is 6.92 Å². The van der Waals surface area contributed by atoms with Gasteiger partial charge in [0.15, 0.2) is 5.82 Å². The van der Waals surface area contributed by atoms with Crippen LogP contribution in [0.2, 0.25) is 0 Å². The summed E-state index contributed by atoms with van der Waals surface area (Å²) < 4.78 is 5.27. The first-order chi connectivity index (χ1) is 14.0. The van der Waals surface area contributed by atoms with Gasteiger partial charge in [-0.15, -0.1) is 0 Å². The van der Waals surface area contributed by atoms with Crippen LogP contribution in [-0.2, 0) is 24.2 Å². The van der Waals surface area contributed by atoms with Gasteiger partial charge in [-0.05, 0) is 30.5 Å². The van der Waals surface area contributed by atoms with E-state index in [-0.39, 0.29) is 11.5 Å². The van der Waals surface area contributed by atoms with E-state index in [2.05, 4.69) is 19.9 Å². The second kappa shape index (κ2) is 7.83. The van der Waals surface area contributed by atoms with Crippen LogP contribution in [-0.4, -0.2) is 44.4 Å². The Morgan fingerprint density at radius 2 is 2.17 bits per heavy atom. The van der Waals surface area contributed by atoms with Crippen molar-refractivity contribution in [3.63, 3.8) is 0 Å². The highest BCUT2D eigenvalue weighted by Gasteiger charge is 2.25. The van der Waals surface area contributed by atoms with Crippen molar-refractivity contribution < 1.29 is 9.53 Å². The first kappa shape index (κ1) is 18.8. The molecule has 0 radical (unpaired) electrons. The molecule has 8 nitrogen and oxygen atoms in total. The van der Waals surface area contributed by atoms with Crippen molar-refractivity contribution in [1.82, 2.24) is 24.8 Å². The van der Waals surface area contributed by atoms with Gasteiger partial charge < -0.3 is 14.6 Å². The Morgan fingerprint density at radius 3 is 2.90 bits per heavy atom. The zero-order chi connectivity index (χ0) is 20.4. The lowest BCUT2D eigenvalue weighted by Gasteiger charge is -2.28. The van der Waals surface area contributed by atoms with E-state index in [1.165, 1.54) is 0 Å². The number of amides is 1. The van der Waals surface area contributed by atoms with Crippen LogP contribution >= 0.6 is 0 Å². The Bertz CT molecular complexity index is 1110. The summed E-state index contributed by atoms with van der Waals surface area (Å²) in [5.74, 6) is 1.17. The predicted molar refractivity (Wildman–Crippen MR) is 106 cm³/mol. The molecular formula is C21H21N5O3. The molecule has 0 atom stereocenters. The molecular weight excluding hydrogens is 370 g/mol. The van der Waals surface area contributed by atoms with Crippen LogP contribution < -0.4 is 10.3 Å². The number of aromatic nitrogens is 4. The zero-order valence-electron chi connectivity index (χ0n) is 16.3. The summed E-state index contributed by atoms with van der Waals surface area (Å²) in [6, 6.07) is 5.73. The molecule has 8 heteroatoms. The summed E-state index contributed by atoms with van der Waals surface area (Å²) in [6.07, 6.45) is 5.41. The minimum atomic E-state index is -0.187. The second-order valence-electron chi connectivity index (χ2n) is 6.98. The monoisotopic (exact) mass is 391 g/mol. The van der Waals surface area contributed by atoms with Gasteiger partial charge in [-0.25, -0.2) is 9.97 Å². The number of carbonyl (C=O) groups is 1. The molecule has 3 aromatic rings. The van der Waals surface area contributed by atoms with Gasteiger partial charge in [-0.3, -0.25) is 14.6 Å². The van der Waals surface area contributed by atoms with Gasteiger partial charge in [0.05, 0.1) is 32.0 Å². The molecule has 1 aliphatic rings. The van der Waals surface area contributed by atoms with E-state index in [4.69, 9.17) is 4.74 Å². The number of ether oxygens (including phenoxy) is 1. The van der Waals surface area contributed by atoms with Crippen molar-refractivity contribution in [1.29, 1.82) is 0 Å². The van der Waals surface area contributed by atoms with Crippen LogP contribution in [0.4, 0.5) is 0 Å². The van der Waals surface area contributed by atoms with Crippen molar-refractivity contribution in [3.8, 4) is 17.3 Å². The molecule has 0 saturated carbocycles. The van der Waals surface area contributed by atoms with Crippen molar-refractivity contribution in [2.75, 3.05) is 13.7 Å². The van der Waals surface area contributed by atoms with Crippen LogP contribution in [0.5, 0.6) is 5.75 Å². The normalized spacial score (nSPS) is 13.1. The minimum Gasteiger partial charge on any atom is -0.496 e.